The van der Waals surface area contributed by atoms with Crippen LogP contribution in [-0.4, -0.2) is 12.6 Å². The van der Waals surface area contributed by atoms with E-state index in [1.807, 2.05) is 0 Å². The maximum Gasteiger partial charge on any atom is 0.310 e. The Bertz CT molecular complexity index is 749. The van der Waals surface area contributed by atoms with Crippen LogP contribution in [0.2, 0.25) is 0 Å². The van der Waals surface area contributed by atoms with Gasteiger partial charge in [-0.3, -0.25) is 9.59 Å². The molecule has 2 rings (SSSR count). The van der Waals surface area contributed by atoms with E-state index in [4.69, 9.17) is 13.9 Å². The fraction of sp³-hybridized carbons (Fsp3) is 0.368. The largest absolute Gasteiger partial charge is 0.487 e. The number of carbonyl (C=O) groups is 1. The minimum Gasteiger partial charge on any atom is -0.487 e. The van der Waals surface area contributed by atoms with E-state index < -0.39 is 5.97 Å². The Labute approximate surface area is 145 Å². The first kappa shape index (κ1) is 18.7. The molecule has 0 spiro atoms. The summed E-state index contributed by atoms with van der Waals surface area (Å²) in [5.41, 5.74) is 0.321. The highest BCUT2D eigenvalue weighted by atomic mass is 19.1. The van der Waals surface area contributed by atoms with Crippen LogP contribution in [0.15, 0.2) is 45.8 Å². The first-order valence-corrected chi connectivity index (χ1v) is 8.08. The summed E-state index contributed by atoms with van der Waals surface area (Å²) in [7, 11) is 0. The lowest BCUT2D eigenvalue weighted by Crippen LogP contribution is -2.12. The van der Waals surface area contributed by atoms with Gasteiger partial charge in [0.05, 0.1) is 13.0 Å². The lowest BCUT2D eigenvalue weighted by Gasteiger charge is -2.08. The van der Waals surface area contributed by atoms with Crippen LogP contribution in [0.4, 0.5) is 4.39 Å². The summed E-state index contributed by atoms with van der Waals surface area (Å²) in [4.78, 5) is 23.7. The molecule has 0 unspecified atom stereocenters. The second-order valence-corrected chi connectivity index (χ2v) is 6.07. The van der Waals surface area contributed by atoms with Gasteiger partial charge in [-0.2, -0.15) is 0 Å². The van der Waals surface area contributed by atoms with E-state index in [0.717, 1.165) is 6.42 Å². The summed E-state index contributed by atoms with van der Waals surface area (Å²) in [6.07, 6.45) is 2.08. The molecule has 1 aromatic carbocycles. The Morgan fingerprint density at radius 3 is 2.60 bits per heavy atom. The number of esters is 1. The normalized spacial score (nSPS) is 10.7. The third-order valence-electron chi connectivity index (χ3n) is 3.44. The number of hydrogen-bond donors (Lipinski definition) is 0. The molecule has 2 aromatic rings. The van der Waals surface area contributed by atoms with Gasteiger partial charge in [-0.15, -0.1) is 0 Å². The molecule has 25 heavy (non-hydrogen) atoms. The molecular formula is C19H21FO5. The average molecular weight is 348 g/mol. The topological polar surface area (TPSA) is 65.7 Å². The van der Waals surface area contributed by atoms with Gasteiger partial charge in [0.25, 0.3) is 0 Å². The van der Waals surface area contributed by atoms with Gasteiger partial charge in [-0.25, -0.2) is 4.39 Å². The van der Waals surface area contributed by atoms with Crippen LogP contribution in [0.1, 0.15) is 31.6 Å². The number of rotatable bonds is 8. The molecule has 0 N–H and O–H groups in total. The lowest BCUT2D eigenvalue weighted by atomic mass is 10.1. The fourth-order valence-corrected chi connectivity index (χ4v) is 2.00. The van der Waals surface area contributed by atoms with Crippen molar-refractivity contribution in [3.05, 3.63) is 64.0 Å². The molecule has 0 radical (unpaired) electrons. The highest BCUT2D eigenvalue weighted by molar-refractivity contribution is 5.72. The Morgan fingerprint density at radius 1 is 1.24 bits per heavy atom. The third kappa shape index (κ3) is 6.41. The van der Waals surface area contributed by atoms with Crippen LogP contribution < -0.4 is 10.2 Å². The number of carbonyl (C=O) groups excluding carboxylic acids is 1. The number of hydrogen-bond acceptors (Lipinski definition) is 5. The van der Waals surface area contributed by atoms with Gasteiger partial charge in [0.2, 0.25) is 11.2 Å². The van der Waals surface area contributed by atoms with Gasteiger partial charge >= 0.3 is 5.97 Å². The molecule has 5 nitrogen and oxygen atoms in total. The van der Waals surface area contributed by atoms with Crippen LogP contribution >= 0.6 is 0 Å². The Balaban J connectivity index is 1.84. The predicted octanol–water partition coefficient (Wildman–Crippen LogP) is 3.49. The molecule has 0 saturated heterocycles. The van der Waals surface area contributed by atoms with Crippen LogP contribution in [0.25, 0.3) is 0 Å². The van der Waals surface area contributed by atoms with Crippen LogP contribution in [0, 0.1) is 11.7 Å². The van der Waals surface area contributed by atoms with E-state index in [1.54, 1.807) is 0 Å². The minimum atomic E-state index is -0.494. The average Bonchev–Trinajstić information content (AvgIpc) is 2.56. The Hall–Kier alpha value is -2.63. The summed E-state index contributed by atoms with van der Waals surface area (Å²) < 4.78 is 28.5. The van der Waals surface area contributed by atoms with E-state index in [9.17, 15) is 14.0 Å². The number of benzene rings is 1. The third-order valence-corrected chi connectivity index (χ3v) is 3.44. The smallest absolute Gasteiger partial charge is 0.310 e. The maximum atomic E-state index is 12.8. The van der Waals surface area contributed by atoms with Crippen molar-refractivity contribution >= 4 is 5.97 Å². The van der Waals surface area contributed by atoms with Crippen molar-refractivity contribution in [2.45, 2.75) is 33.3 Å². The molecule has 0 atom stereocenters. The van der Waals surface area contributed by atoms with Gasteiger partial charge in [0, 0.05) is 6.07 Å². The van der Waals surface area contributed by atoms with Crippen molar-refractivity contribution in [3.63, 3.8) is 0 Å². The molecule has 1 aromatic heterocycles. The lowest BCUT2D eigenvalue weighted by molar-refractivity contribution is -0.144. The molecule has 0 bridgehead atoms. The van der Waals surface area contributed by atoms with Gasteiger partial charge in [0.15, 0.2) is 0 Å². The molecule has 0 aliphatic heterocycles. The monoisotopic (exact) mass is 348 g/mol. The summed E-state index contributed by atoms with van der Waals surface area (Å²) >= 11 is 0. The number of halogens is 1. The SMILES string of the molecule is CC(C)CCOc1coc(COC(=O)Cc2ccc(F)cc2)cc1=O. The second-order valence-electron chi connectivity index (χ2n) is 6.07. The molecule has 0 aliphatic rings. The van der Waals surface area contributed by atoms with Crippen molar-refractivity contribution in [1.29, 1.82) is 0 Å². The zero-order valence-electron chi connectivity index (χ0n) is 14.3. The first-order valence-electron chi connectivity index (χ1n) is 8.08. The fourth-order valence-electron chi connectivity index (χ4n) is 2.00. The highest BCUT2D eigenvalue weighted by Gasteiger charge is 2.09. The van der Waals surface area contributed by atoms with E-state index in [1.165, 1.54) is 36.6 Å². The minimum absolute atomic E-state index is 0.0148. The molecular weight excluding hydrogens is 327 g/mol. The van der Waals surface area contributed by atoms with Crippen molar-refractivity contribution in [1.82, 2.24) is 0 Å². The van der Waals surface area contributed by atoms with Crippen molar-refractivity contribution in [2.24, 2.45) is 5.92 Å². The number of ether oxygens (including phenoxy) is 2. The molecule has 6 heteroatoms. The summed E-state index contributed by atoms with van der Waals surface area (Å²) in [5, 5.41) is 0. The van der Waals surface area contributed by atoms with E-state index in [-0.39, 0.29) is 35.8 Å². The van der Waals surface area contributed by atoms with E-state index in [0.29, 0.717) is 18.1 Å². The van der Waals surface area contributed by atoms with Crippen LogP contribution in [0.5, 0.6) is 5.75 Å². The van der Waals surface area contributed by atoms with Crippen LogP contribution in [-0.2, 0) is 22.6 Å². The standard InChI is InChI=1S/C19H21FO5/c1-13(2)7-8-23-18-12-24-16(10-17(18)21)11-25-19(22)9-14-3-5-15(20)6-4-14/h3-6,10,12-13H,7-9,11H2,1-2H3. The Kier molecular flexibility index (Phi) is 6.74. The summed E-state index contributed by atoms with van der Waals surface area (Å²) in [6.45, 7) is 4.42. The maximum absolute atomic E-state index is 12.8. The van der Waals surface area contributed by atoms with E-state index in [2.05, 4.69) is 13.8 Å². The van der Waals surface area contributed by atoms with Gasteiger partial charge in [-0.1, -0.05) is 26.0 Å². The second kappa shape index (κ2) is 9.01. The van der Waals surface area contributed by atoms with Crippen molar-refractivity contribution < 1.29 is 23.1 Å². The van der Waals surface area contributed by atoms with Gasteiger partial charge in [-0.05, 0) is 30.0 Å². The van der Waals surface area contributed by atoms with Gasteiger partial charge < -0.3 is 13.9 Å². The zero-order valence-corrected chi connectivity index (χ0v) is 14.3. The van der Waals surface area contributed by atoms with Crippen molar-refractivity contribution in [2.75, 3.05) is 6.61 Å². The van der Waals surface area contributed by atoms with Crippen molar-refractivity contribution in [3.8, 4) is 5.75 Å². The molecule has 0 amide bonds. The first-order chi connectivity index (χ1) is 11.9. The summed E-state index contributed by atoms with van der Waals surface area (Å²) in [6, 6.07) is 6.83. The summed E-state index contributed by atoms with van der Waals surface area (Å²) in [5.74, 6) is -0.0105. The van der Waals surface area contributed by atoms with Crippen LogP contribution in [0.3, 0.4) is 0 Å². The Morgan fingerprint density at radius 2 is 1.96 bits per heavy atom. The highest BCUT2D eigenvalue weighted by Crippen LogP contribution is 2.10. The molecule has 1 heterocycles. The molecule has 0 fully saturated rings. The molecule has 0 aliphatic carbocycles. The zero-order chi connectivity index (χ0) is 18.2. The quantitative estimate of drug-likeness (QED) is 0.683. The molecule has 0 saturated carbocycles. The predicted molar refractivity (Wildman–Crippen MR) is 89.8 cm³/mol. The molecule has 134 valence electrons. The van der Waals surface area contributed by atoms with Gasteiger partial charge in [0.1, 0.15) is 24.4 Å². The van der Waals surface area contributed by atoms with E-state index >= 15 is 0 Å².